The molecule has 98 valence electrons. The van der Waals surface area contributed by atoms with Crippen molar-refractivity contribution in [3.63, 3.8) is 0 Å². The molecule has 0 aromatic carbocycles. The number of alkyl halides is 1. The lowest BCUT2D eigenvalue weighted by Gasteiger charge is -2.31. The third-order valence-electron chi connectivity index (χ3n) is 2.71. The molecule has 1 atom stereocenters. The third kappa shape index (κ3) is 3.29. The maximum Gasteiger partial charge on any atom is 0.316 e. The van der Waals surface area contributed by atoms with Crippen molar-refractivity contribution in [2.24, 2.45) is 0 Å². The molecule has 0 N–H and O–H groups in total. The van der Waals surface area contributed by atoms with Crippen LogP contribution in [0.4, 0.5) is 4.39 Å². The highest BCUT2D eigenvalue weighted by Gasteiger charge is 2.24. The van der Waals surface area contributed by atoms with Gasteiger partial charge in [0.2, 0.25) is 5.91 Å². The van der Waals surface area contributed by atoms with E-state index >= 15 is 0 Å². The highest BCUT2D eigenvalue weighted by molar-refractivity contribution is 6.27. The number of nitrogens with zero attached hydrogens (tertiary/aromatic N) is 3. The standard InChI is InChI=1S/C11H13ClFN3O2/c12-4-10(17)16-3-1-2-9(7-16)18-11-14-5-8(13)6-15-11/h5-6,9H,1-4,7H2. The van der Waals surface area contributed by atoms with Gasteiger partial charge in [0.05, 0.1) is 18.9 Å². The topological polar surface area (TPSA) is 55.3 Å². The summed E-state index contributed by atoms with van der Waals surface area (Å²) in [7, 11) is 0. The number of hydrogen-bond donors (Lipinski definition) is 0. The van der Waals surface area contributed by atoms with Crippen LogP contribution in [0.3, 0.4) is 0 Å². The average Bonchev–Trinajstić information content (AvgIpc) is 2.41. The molecular formula is C11H13ClFN3O2. The molecule has 1 aromatic heterocycles. The first kappa shape index (κ1) is 13.0. The Morgan fingerprint density at radius 3 is 2.94 bits per heavy atom. The van der Waals surface area contributed by atoms with Crippen LogP contribution in [0.15, 0.2) is 12.4 Å². The fourth-order valence-corrected chi connectivity index (χ4v) is 2.02. The van der Waals surface area contributed by atoms with E-state index in [9.17, 15) is 9.18 Å². The lowest BCUT2D eigenvalue weighted by atomic mass is 10.1. The largest absolute Gasteiger partial charge is 0.458 e. The summed E-state index contributed by atoms with van der Waals surface area (Å²) in [6.45, 7) is 1.15. The number of carbonyl (C=O) groups excluding carboxylic acids is 1. The number of ether oxygens (including phenoxy) is 1. The number of aromatic nitrogens is 2. The van der Waals surface area contributed by atoms with Crippen molar-refractivity contribution < 1.29 is 13.9 Å². The van der Waals surface area contributed by atoms with Gasteiger partial charge in [0.15, 0.2) is 5.82 Å². The van der Waals surface area contributed by atoms with Crippen molar-refractivity contribution in [2.45, 2.75) is 18.9 Å². The SMILES string of the molecule is O=C(CCl)N1CCCC(Oc2ncc(F)cn2)C1. The Kier molecular flexibility index (Phi) is 4.30. The number of halogens is 2. The minimum atomic E-state index is -0.509. The summed E-state index contributed by atoms with van der Waals surface area (Å²) in [5.41, 5.74) is 0. The molecule has 1 saturated heterocycles. The Morgan fingerprint density at radius 2 is 2.28 bits per heavy atom. The molecule has 1 unspecified atom stereocenters. The molecule has 0 spiro atoms. The van der Waals surface area contributed by atoms with Crippen molar-refractivity contribution in [3.8, 4) is 6.01 Å². The summed E-state index contributed by atoms with van der Waals surface area (Å²) < 4.78 is 18.1. The molecule has 2 heterocycles. The molecule has 1 amide bonds. The van der Waals surface area contributed by atoms with E-state index < -0.39 is 5.82 Å². The number of likely N-dealkylation sites (tertiary alicyclic amines) is 1. The zero-order valence-electron chi connectivity index (χ0n) is 9.68. The summed E-state index contributed by atoms with van der Waals surface area (Å²) in [5.74, 6) is -0.644. The minimum absolute atomic E-state index is 0.0280. The Morgan fingerprint density at radius 1 is 1.56 bits per heavy atom. The predicted molar refractivity (Wildman–Crippen MR) is 62.9 cm³/mol. The molecule has 0 bridgehead atoms. The van der Waals surface area contributed by atoms with Crippen molar-refractivity contribution in [1.29, 1.82) is 0 Å². The molecule has 1 aliphatic heterocycles. The summed E-state index contributed by atoms with van der Waals surface area (Å²) >= 11 is 5.51. The van der Waals surface area contributed by atoms with Crippen LogP contribution in [-0.2, 0) is 4.79 Å². The Hall–Kier alpha value is -1.43. The van der Waals surface area contributed by atoms with E-state index in [4.69, 9.17) is 16.3 Å². The first-order chi connectivity index (χ1) is 8.69. The van der Waals surface area contributed by atoms with Gasteiger partial charge in [-0.1, -0.05) is 0 Å². The van der Waals surface area contributed by atoms with Gasteiger partial charge in [0.1, 0.15) is 12.0 Å². The second-order valence-corrected chi connectivity index (χ2v) is 4.31. The first-order valence-corrected chi connectivity index (χ1v) is 6.20. The molecule has 18 heavy (non-hydrogen) atoms. The number of rotatable bonds is 3. The smallest absolute Gasteiger partial charge is 0.316 e. The quantitative estimate of drug-likeness (QED) is 0.777. The van der Waals surface area contributed by atoms with E-state index in [0.29, 0.717) is 13.1 Å². The maximum atomic E-state index is 12.6. The molecule has 1 fully saturated rings. The van der Waals surface area contributed by atoms with Gasteiger partial charge in [-0.15, -0.1) is 11.6 Å². The van der Waals surface area contributed by atoms with Crippen molar-refractivity contribution in [2.75, 3.05) is 19.0 Å². The van der Waals surface area contributed by atoms with E-state index in [1.165, 1.54) is 0 Å². The van der Waals surface area contributed by atoms with Crippen LogP contribution in [0.25, 0.3) is 0 Å². The van der Waals surface area contributed by atoms with E-state index in [1.54, 1.807) is 4.90 Å². The molecule has 1 aromatic rings. The summed E-state index contributed by atoms with van der Waals surface area (Å²) in [6.07, 6.45) is 3.58. The van der Waals surface area contributed by atoms with Crippen LogP contribution >= 0.6 is 11.6 Å². The van der Waals surface area contributed by atoms with Gasteiger partial charge < -0.3 is 9.64 Å². The first-order valence-electron chi connectivity index (χ1n) is 5.67. The summed E-state index contributed by atoms with van der Waals surface area (Å²) in [4.78, 5) is 20.6. The van der Waals surface area contributed by atoms with Crippen molar-refractivity contribution in [1.82, 2.24) is 14.9 Å². The fourth-order valence-electron chi connectivity index (χ4n) is 1.86. The van der Waals surface area contributed by atoms with Crippen LogP contribution < -0.4 is 4.74 Å². The van der Waals surface area contributed by atoms with E-state index in [2.05, 4.69) is 9.97 Å². The normalized spacial score (nSPS) is 19.7. The Bertz CT molecular complexity index is 415. The summed E-state index contributed by atoms with van der Waals surface area (Å²) in [5, 5.41) is 0. The second-order valence-electron chi connectivity index (χ2n) is 4.04. The van der Waals surface area contributed by atoms with Gasteiger partial charge in [-0.25, -0.2) is 14.4 Å². The maximum absolute atomic E-state index is 12.6. The minimum Gasteiger partial charge on any atom is -0.458 e. The van der Waals surface area contributed by atoms with Crippen molar-refractivity contribution >= 4 is 17.5 Å². The van der Waals surface area contributed by atoms with Crippen LogP contribution in [0.1, 0.15) is 12.8 Å². The van der Waals surface area contributed by atoms with Gasteiger partial charge in [-0.2, -0.15) is 0 Å². The zero-order valence-corrected chi connectivity index (χ0v) is 10.4. The lowest BCUT2D eigenvalue weighted by molar-refractivity contribution is -0.131. The summed E-state index contributed by atoms with van der Waals surface area (Å²) in [6, 6.07) is 0.126. The van der Waals surface area contributed by atoms with E-state index in [0.717, 1.165) is 25.2 Å². The van der Waals surface area contributed by atoms with Crippen LogP contribution in [0.2, 0.25) is 0 Å². The van der Waals surface area contributed by atoms with E-state index in [1.807, 2.05) is 0 Å². The molecule has 0 aliphatic carbocycles. The molecule has 7 heteroatoms. The molecule has 5 nitrogen and oxygen atoms in total. The van der Waals surface area contributed by atoms with Crippen molar-refractivity contribution in [3.05, 3.63) is 18.2 Å². The number of piperidine rings is 1. The Balaban J connectivity index is 1.93. The van der Waals surface area contributed by atoms with Crippen LogP contribution in [0, 0.1) is 5.82 Å². The third-order valence-corrected chi connectivity index (χ3v) is 2.94. The number of amides is 1. The average molecular weight is 274 g/mol. The predicted octanol–water partition coefficient (Wildman–Crippen LogP) is 1.22. The molecule has 1 aliphatic rings. The van der Waals surface area contributed by atoms with Crippen LogP contribution in [0.5, 0.6) is 6.01 Å². The number of hydrogen-bond acceptors (Lipinski definition) is 4. The molecule has 0 radical (unpaired) electrons. The number of carbonyl (C=O) groups is 1. The van der Waals surface area contributed by atoms with Gasteiger partial charge >= 0.3 is 6.01 Å². The van der Waals surface area contributed by atoms with Gasteiger partial charge in [0, 0.05) is 6.54 Å². The highest BCUT2D eigenvalue weighted by atomic mass is 35.5. The Labute approximate surface area is 109 Å². The molecule has 0 saturated carbocycles. The van der Waals surface area contributed by atoms with Gasteiger partial charge in [-0.3, -0.25) is 4.79 Å². The lowest BCUT2D eigenvalue weighted by Crippen LogP contribution is -2.45. The van der Waals surface area contributed by atoms with Gasteiger partial charge in [0.25, 0.3) is 0 Å². The molecule has 2 rings (SSSR count). The zero-order chi connectivity index (χ0) is 13.0. The molecular weight excluding hydrogens is 261 g/mol. The van der Waals surface area contributed by atoms with Crippen LogP contribution in [-0.4, -0.2) is 45.8 Å². The monoisotopic (exact) mass is 273 g/mol. The van der Waals surface area contributed by atoms with Gasteiger partial charge in [-0.05, 0) is 12.8 Å². The highest BCUT2D eigenvalue weighted by Crippen LogP contribution is 2.15. The van der Waals surface area contributed by atoms with E-state index in [-0.39, 0.29) is 23.9 Å². The second kappa shape index (κ2) is 5.95. The fraction of sp³-hybridized carbons (Fsp3) is 0.545.